The summed E-state index contributed by atoms with van der Waals surface area (Å²) in [5.41, 5.74) is 6.20. The number of nitrogens with zero attached hydrogens (tertiary/aromatic N) is 2. The zero-order valence-corrected chi connectivity index (χ0v) is 9.98. The number of anilines is 1. The van der Waals surface area contributed by atoms with Gasteiger partial charge in [-0.05, 0) is 12.1 Å². The molecule has 5 nitrogen and oxygen atoms in total. The lowest BCUT2D eigenvalue weighted by molar-refractivity contribution is 0.398. The standard InChI is InChI=1S/C12H12FN3O2/c1-17-7-3-4-8(9(13)5-7)10-6-11(18-2)16-12(14)15-10/h3-6H,1-2H3,(H2,14,15,16). The monoisotopic (exact) mass is 249 g/mol. The van der Waals surface area contributed by atoms with Gasteiger partial charge in [0.15, 0.2) is 0 Å². The molecule has 94 valence electrons. The molecule has 1 heterocycles. The Morgan fingerprint density at radius 3 is 2.50 bits per heavy atom. The topological polar surface area (TPSA) is 70.3 Å². The van der Waals surface area contributed by atoms with Gasteiger partial charge in [0.2, 0.25) is 11.8 Å². The lowest BCUT2D eigenvalue weighted by atomic mass is 10.1. The van der Waals surface area contributed by atoms with E-state index in [0.717, 1.165) is 0 Å². The molecule has 2 aromatic rings. The van der Waals surface area contributed by atoms with E-state index in [2.05, 4.69) is 9.97 Å². The highest BCUT2D eigenvalue weighted by atomic mass is 19.1. The molecule has 0 spiro atoms. The van der Waals surface area contributed by atoms with E-state index in [9.17, 15) is 4.39 Å². The summed E-state index contributed by atoms with van der Waals surface area (Å²) >= 11 is 0. The maximum Gasteiger partial charge on any atom is 0.223 e. The molecule has 0 unspecified atom stereocenters. The van der Waals surface area contributed by atoms with Gasteiger partial charge in [-0.3, -0.25) is 0 Å². The quantitative estimate of drug-likeness (QED) is 0.899. The van der Waals surface area contributed by atoms with E-state index >= 15 is 0 Å². The van der Waals surface area contributed by atoms with Crippen LogP contribution in [0.3, 0.4) is 0 Å². The highest BCUT2D eigenvalue weighted by Crippen LogP contribution is 2.27. The number of hydrogen-bond acceptors (Lipinski definition) is 5. The molecule has 6 heteroatoms. The van der Waals surface area contributed by atoms with Gasteiger partial charge in [-0.1, -0.05) is 0 Å². The molecule has 18 heavy (non-hydrogen) atoms. The molecule has 0 saturated carbocycles. The molecule has 2 N–H and O–H groups in total. The second-order valence-corrected chi connectivity index (χ2v) is 3.50. The van der Waals surface area contributed by atoms with Crippen LogP contribution in [0.5, 0.6) is 11.6 Å². The smallest absolute Gasteiger partial charge is 0.223 e. The first kappa shape index (κ1) is 12.1. The third kappa shape index (κ3) is 2.32. The first-order chi connectivity index (χ1) is 8.63. The summed E-state index contributed by atoms with van der Waals surface area (Å²) in [5, 5.41) is 0. The van der Waals surface area contributed by atoms with Gasteiger partial charge in [-0.15, -0.1) is 0 Å². The summed E-state index contributed by atoms with van der Waals surface area (Å²) < 4.78 is 23.8. The van der Waals surface area contributed by atoms with E-state index in [0.29, 0.717) is 17.0 Å². The van der Waals surface area contributed by atoms with Crippen LogP contribution in [0.15, 0.2) is 24.3 Å². The van der Waals surface area contributed by atoms with Crippen molar-refractivity contribution < 1.29 is 13.9 Å². The number of nitrogen functional groups attached to an aromatic ring is 1. The van der Waals surface area contributed by atoms with Gasteiger partial charge in [-0.2, -0.15) is 4.98 Å². The molecular weight excluding hydrogens is 237 g/mol. The summed E-state index contributed by atoms with van der Waals surface area (Å²) in [6.45, 7) is 0. The van der Waals surface area contributed by atoms with Gasteiger partial charge in [0, 0.05) is 17.7 Å². The van der Waals surface area contributed by atoms with E-state index in [1.54, 1.807) is 12.1 Å². The Balaban J connectivity index is 2.51. The largest absolute Gasteiger partial charge is 0.497 e. The fourth-order valence-corrected chi connectivity index (χ4v) is 1.52. The number of halogens is 1. The number of nitrogens with two attached hydrogens (primary N) is 1. The van der Waals surface area contributed by atoms with Crippen molar-refractivity contribution in [3.05, 3.63) is 30.1 Å². The number of aromatic nitrogens is 2. The van der Waals surface area contributed by atoms with Crippen molar-refractivity contribution in [1.82, 2.24) is 9.97 Å². The molecule has 0 amide bonds. The van der Waals surface area contributed by atoms with Crippen molar-refractivity contribution in [3.8, 4) is 22.9 Å². The second kappa shape index (κ2) is 4.87. The number of methoxy groups -OCH3 is 2. The summed E-state index contributed by atoms with van der Waals surface area (Å²) in [7, 11) is 2.93. The van der Waals surface area contributed by atoms with E-state index in [1.807, 2.05) is 0 Å². The predicted molar refractivity (Wildman–Crippen MR) is 64.9 cm³/mol. The Morgan fingerprint density at radius 1 is 1.11 bits per heavy atom. The van der Waals surface area contributed by atoms with Crippen molar-refractivity contribution in [3.63, 3.8) is 0 Å². The van der Waals surface area contributed by atoms with Gasteiger partial charge >= 0.3 is 0 Å². The van der Waals surface area contributed by atoms with Gasteiger partial charge in [0.1, 0.15) is 11.6 Å². The fourth-order valence-electron chi connectivity index (χ4n) is 1.52. The first-order valence-electron chi connectivity index (χ1n) is 5.16. The maximum atomic E-state index is 13.9. The van der Waals surface area contributed by atoms with Crippen LogP contribution < -0.4 is 15.2 Å². The van der Waals surface area contributed by atoms with Gasteiger partial charge in [0.05, 0.1) is 19.9 Å². The number of hydrogen-bond donors (Lipinski definition) is 1. The summed E-state index contributed by atoms with van der Waals surface area (Å²) in [4.78, 5) is 7.81. The lowest BCUT2D eigenvalue weighted by Crippen LogP contribution is -2.00. The van der Waals surface area contributed by atoms with E-state index in [4.69, 9.17) is 15.2 Å². The fraction of sp³-hybridized carbons (Fsp3) is 0.167. The molecule has 0 radical (unpaired) electrons. The normalized spacial score (nSPS) is 10.2. The first-order valence-corrected chi connectivity index (χ1v) is 5.16. The molecule has 2 rings (SSSR count). The molecule has 1 aromatic carbocycles. The SMILES string of the molecule is COc1ccc(-c2cc(OC)nc(N)n2)c(F)c1. The third-order valence-corrected chi connectivity index (χ3v) is 2.38. The van der Waals surface area contributed by atoms with Gasteiger partial charge < -0.3 is 15.2 Å². The van der Waals surface area contributed by atoms with Crippen LogP contribution in [-0.2, 0) is 0 Å². The molecule has 0 atom stereocenters. The highest BCUT2D eigenvalue weighted by molar-refractivity contribution is 5.63. The molecule has 0 aliphatic heterocycles. The summed E-state index contributed by atoms with van der Waals surface area (Å²) in [5.74, 6) is 0.298. The second-order valence-electron chi connectivity index (χ2n) is 3.50. The van der Waals surface area contributed by atoms with Crippen LogP contribution in [0.2, 0.25) is 0 Å². The van der Waals surface area contributed by atoms with E-state index < -0.39 is 5.82 Å². The van der Waals surface area contributed by atoms with Crippen LogP contribution in [0.25, 0.3) is 11.3 Å². The van der Waals surface area contributed by atoms with Crippen LogP contribution in [0.1, 0.15) is 0 Å². The Morgan fingerprint density at radius 2 is 1.89 bits per heavy atom. The molecule has 1 aromatic heterocycles. The van der Waals surface area contributed by atoms with E-state index in [-0.39, 0.29) is 11.8 Å². The zero-order chi connectivity index (χ0) is 13.1. The van der Waals surface area contributed by atoms with Crippen molar-refractivity contribution in [2.45, 2.75) is 0 Å². The van der Waals surface area contributed by atoms with Crippen molar-refractivity contribution in [2.24, 2.45) is 0 Å². The molecule has 0 saturated heterocycles. The summed E-state index contributed by atoms with van der Waals surface area (Å²) in [6, 6.07) is 6.00. The zero-order valence-electron chi connectivity index (χ0n) is 9.98. The minimum absolute atomic E-state index is 0.0274. The van der Waals surface area contributed by atoms with Crippen molar-refractivity contribution >= 4 is 5.95 Å². The Hall–Kier alpha value is -2.37. The molecule has 0 aliphatic carbocycles. The number of ether oxygens (including phenoxy) is 2. The van der Waals surface area contributed by atoms with Crippen LogP contribution in [0, 0.1) is 5.82 Å². The Bertz CT molecular complexity index is 575. The minimum Gasteiger partial charge on any atom is -0.497 e. The Kier molecular flexibility index (Phi) is 3.27. The minimum atomic E-state index is -0.450. The Labute approximate surface area is 103 Å². The van der Waals surface area contributed by atoms with Crippen molar-refractivity contribution in [2.75, 3.05) is 20.0 Å². The van der Waals surface area contributed by atoms with E-state index in [1.165, 1.54) is 26.4 Å². The third-order valence-electron chi connectivity index (χ3n) is 2.38. The summed E-state index contributed by atoms with van der Waals surface area (Å²) in [6.07, 6.45) is 0. The molecule has 0 aliphatic rings. The number of benzene rings is 1. The van der Waals surface area contributed by atoms with Crippen LogP contribution in [-0.4, -0.2) is 24.2 Å². The molecule has 0 fully saturated rings. The highest BCUT2D eigenvalue weighted by Gasteiger charge is 2.10. The maximum absolute atomic E-state index is 13.9. The van der Waals surface area contributed by atoms with Gasteiger partial charge in [0.25, 0.3) is 0 Å². The predicted octanol–water partition coefficient (Wildman–Crippen LogP) is 1.88. The van der Waals surface area contributed by atoms with Crippen molar-refractivity contribution in [1.29, 1.82) is 0 Å². The average molecular weight is 249 g/mol. The number of rotatable bonds is 3. The van der Waals surface area contributed by atoms with Crippen LogP contribution >= 0.6 is 0 Å². The lowest BCUT2D eigenvalue weighted by Gasteiger charge is -2.07. The van der Waals surface area contributed by atoms with Gasteiger partial charge in [-0.25, -0.2) is 9.37 Å². The molecular formula is C12H12FN3O2. The van der Waals surface area contributed by atoms with Crippen LogP contribution in [0.4, 0.5) is 10.3 Å². The molecule has 0 bridgehead atoms. The average Bonchev–Trinajstić information content (AvgIpc) is 2.37.